The van der Waals surface area contributed by atoms with Crippen molar-refractivity contribution in [1.29, 1.82) is 0 Å². The van der Waals surface area contributed by atoms with Gasteiger partial charge in [-0.05, 0) is 18.6 Å². The highest BCUT2D eigenvalue weighted by Gasteiger charge is 2.06. The Bertz CT molecular complexity index is 445. The smallest absolute Gasteiger partial charge is 0.185 e. The molecule has 4 heteroatoms. The average Bonchev–Trinajstić information content (AvgIpc) is 2.67. The summed E-state index contributed by atoms with van der Waals surface area (Å²) in [5.74, 6) is 0.507. The first kappa shape index (κ1) is 8.62. The molecular formula is C10H8N2O2. The quantitative estimate of drug-likeness (QED) is 0.675. The monoisotopic (exact) mass is 188 g/mol. The van der Waals surface area contributed by atoms with E-state index in [4.69, 9.17) is 4.52 Å². The maximum atomic E-state index is 10.4. The van der Waals surface area contributed by atoms with Gasteiger partial charge in [0, 0.05) is 12.3 Å². The third-order valence-electron chi connectivity index (χ3n) is 1.81. The largest absolute Gasteiger partial charge is 0.354 e. The normalized spacial score (nSPS) is 10.1. The highest BCUT2D eigenvalue weighted by Crippen LogP contribution is 2.17. The first-order valence-electron chi connectivity index (χ1n) is 4.14. The minimum absolute atomic E-state index is 0.280. The highest BCUT2D eigenvalue weighted by molar-refractivity contribution is 5.73. The van der Waals surface area contributed by atoms with Gasteiger partial charge in [-0.15, -0.1) is 0 Å². The van der Waals surface area contributed by atoms with Gasteiger partial charge in [0.15, 0.2) is 12.0 Å². The SMILES string of the molecule is Cc1ccc(-c2cc(C=O)no2)nc1. The van der Waals surface area contributed by atoms with E-state index >= 15 is 0 Å². The second-order valence-corrected chi connectivity index (χ2v) is 2.95. The summed E-state index contributed by atoms with van der Waals surface area (Å²) in [5, 5.41) is 3.55. The number of hydrogen-bond donors (Lipinski definition) is 0. The number of aromatic nitrogens is 2. The lowest BCUT2D eigenvalue weighted by Gasteiger charge is -1.93. The van der Waals surface area contributed by atoms with Gasteiger partial charge < -0.3 is 4.52 Å². The number of hydrogen-bond acceptors (Lipinski definition) is 4. The summed E-state index contributed by atoms with van der Waals surface area (Å²) >= 11 is 0. The average molecular weight is 188 g/mol. The van der Waals surface area contributed by atoms with E-state index < -0.39 is 0 Å². The maximum Gasteiger partial charge on any atom is 0.185 e. The summed E-state index contributed by atoms with van der Waals surface area (Å²) in [6.45, 7) is 1.95. The van der Waals surface area contributed by atoms with Crippen LogP contribution in [0.3, 0.4) is 0 Å². The molecule has 0 aliphatic carbocycles. The van der Waals surface area contributed by atoms with Crippen molar-refractivity contribution in [2.75, 3.05) is 0 Å². The van der Waals surface area contributed by atoms with Crippen LogP contribution in [-0.4, -0.2) is 16.4 Å². The number of pyridine rings is 1. The molecule has 14 heavy (non-hydrogen) atoms. The van der Waals surface area contributed by atoms with E-state index in [-0.39, 0.29) is 5.69 Å². The highest BCUT2D eigenvalue weighted by atomic mass is 16.5. The molecule has 4 nitrogen and oxygen atoms in total. The van der Waals surface area contributed by atoms with Crippen LogP contribution in [0.2, 0.25) is 0 Å². The molecule has 2 aromatic rings. The summed E-state index contributed by atoms with van der Waals surface area (Å²) in [4.78, 5) is 14.5. The van der Waals surface area contributed by atoms with E-state index in [1.807, 2.05) is 19.1 Å². The Labute approximate surface area is 80.6 Å². The first-order chi connectivity index (χ1) is 6.79. The minimum atomic E-state index is 0.280. The minimum Gasteiger partial charge on any atom is -0.354 e. The Morgan fingerprint density at radius 3 is 2.86 bits per heavy atom. The van der Waals surface area contributed by atoms with Crippen LogP contribution in [-0.2, 0) is 0 Å². The molecule has 0 atom stereocenters. The number of carbonyl (C=O) groups excluding carboxylic acids is 1. The van der Waals surface area contributed by atoms with Gasteiger partial charge in [-0.1, -0.05) is 11.2 Å². The molecule has 0 fully saturated rings. The van der Waals surface area contributed by atoms with Crippen molar-refractivity contribution in [3.05, 3.63) is 35.7 Å². The lowest BCUT2D eigenvalue weighted by atomic mass is 10.2. The van der Waals surface area contributed by atoms with Gasteiger partial charge in [-0.2, -0.15) is 0 Å². The molecule has 0 unspecified atom stereocenters. The zero-order valence-electron chi connectivity index (χ0n) is 7.60. The third-order valence-corrected chi connectivity index (χ3v) is 1.81. The standard InChI is InChI=1S/C10H8N2O2/c1-7-2-3-9(11-5-7)10-4-8(6-13)12-14-10/h2-6H,1H3. The van der Waals surface area contributed by atoms with Crippen LogP contribution in [0.25, 0.3) is 11.5 Å². The van der Waals surface area contributed by atoms with Crippen molar-refractivity contribution in [1.82, 2.24) is 10.1 Å². The zero-order chi connectivity index (χ0) is 9.97. The molecule has 0 radical (unpaired) electrons. The number of nitrogens with zero attached hydrogens (tertiary/aromatic N) is 2. The molecule has 0 saturated heterocycles. The van der Waals surface area contributed by atoms with Gasteiger partial charge in [0.2, 0.25) is 0 Å². The third kappa shape index (κ3) is 1.54. The van der Waals surface area contributed by atoms with Crippen LogP contribution >= 0.6 is 0 Å². The van der Waals surface area contributed by atoms with Crippen molar-refractivity contribution < 1.29 is 9.32 Å². The molecule has 0 saturated carbocycles. The van der Waals surface area contributed by atoms with Gasteiger partial charge in [-0.3, -0.25) is 9.78 Å². The second-order valence-electron chi connectivity index (χ2n) is 2.95. The topological polar surface area (TPSA) is 56.0 Å². The van der Waals surface area contributed by atoms with Crippen LogP contribution in [0.1, 0.15) is 16.1 Å². The van der Waals surface area contributed by atoms with Crippen molar-refractivity contribution in [2.24, 2.45) is 0 Å². The molecule has 0 bridgehead atoms. The van der Waals surface area contributed by atoms with E-state index in [1.54, 1.807) is 12.3 Å². The van der Waals surface area contributed by atoms with Crippen LogP contribution in [0.4, 0.5) is 0 Å². The molecule has 2 aromatic heterocycles. The number of aldehydes is 1. The molecular weight excluding hydrogens is 180 g/mol. The fraction of sp³-hybridized carbons (Fsp3) is 0.100. The molecule has 0 aromatic carbocycles. The molecule has 2 rings (SSSR count). The Balaban J connectivity index is 2.39. The van der Waals surface area contributed by atoms with Crippen molar-refractivity contribution in [2.45, 2.75) is 6.92 Å². The molecule has 2 heterocycles. The fourth-order valence-corrected chi connectivity index (χ4v) is 1.08. The summed E-state index contributed by atoms with van der Waals surface area (Å²) < 4.78 is 4.94. The first-order valence-corrected chi connectivity index (χ1v) is 4.14. The maximum absolute atomic E-state index is 10.4. The van der Waals surface area contributed by atoms with Gasteiger partial charge >= 0.3 is 0 Å². The molecule has 0 aliphatic rings. The summed E-state index contributed by atoms with van der Waals surface area (Å²) in [6.07, 6.45) is 2.37. The van der Waals surface area contributed by atoms with Gasteiger partial charge in [0.1, 0.15) is 11.4 Å². The van der Waals surface area contributed by atoms with Crippen molar-refractivity contribution in [3.63, 3.8) is 0 Å². The number of aryl methyl sites for hydroxylation is 1. The van der Waals surface area contributed by atoms with Crippen LogP contribution < -0.4 is 0 Å². The Morgan fingerprint density at radius 2 is 2.29 bits per heavy atom. The van der Waals surface area contributed by atoms with E-state index in [2.05, 4.69) is 10.1 Å². The molecule has 0 aliphatic heterocycles. The van der Waals surface area contributed by atoms with E-state index in [9.17, 15) is 4.79 Å². The zero-order valence-corrected chi connectivity index (χ0v) is 7.60. The summed E-state index contributed by atoms with van der Waals surface area (Å²) in [6, 6.07) is 5.31. The Morgan fingerprint density at radius 1 is 1.43 bits per heavy atom. The Kier molecular flexibility index (Phi) is 2.10. The van der Waals surface area contributed by atoms with Gasteiger partial charge in [0.25, 0.3) is 0 Å². The summed E-state index contributed by atoms with van der Waals surface area (Å²) in [7, 11) is 0. The van der Waals surface area contributed by atoms with E-state index in [0.717, 1.165) is 5.56 Å². The van der Waals surface area contributed by atoms with Gasteiger partial charge in [-0.25, -0.2) is 0 Å². The fourth-order valence-electron chi connectivity index (χ4n) is 1.08. The number of carbonyl (C=O) groups is 1. The molecule has 0 amide bonds. The van der Waals surface area contributed by atoms with Crippen LogP contribution in [0, 0.1) is 6.92 Å². The van der Waals surface area contributed by atoms with Crippen LogP contribution in [0.15, 0.2) is 28.9 Å². The van der Waals surface area contributed by atoms with E-state index in [1.165, 1.54) is 0 Å². The second kappa shape index (κ2) is 3.41. The predicted octanol–water partition coefficient (Wildman–Crippen LogP) is 1.86. The molecule has 70 valence electrons. The molecule has 0 N–H and O–H groups in total. The predicted molar refractivity (Wildman–Crippen MR) is 49.9 cm³/mol. The Hall–Kier alpha value is -1.97. The number of rotatable bonds is 2. The van der Waals surface area contributed by atoms with Crippen molar-refractivity contribution in [3.8, 4) is 11.5 Å². The van der Waals surface area contributed by atoms with E-state index in [0.29, 0.717) is 17.7 Å². The summed E-state index contributed by atoms with van der Waals surface area (Å²) in [5.41, 5.74) is 2.03. The lowest BCUT2D eigenvalue weighted by Crippen LogP contribution is -1.81. The molecule has 0 spiro atoms. The van der Waals surface area contributed by atoms with Gasteiger partial charge in [0.05, 0.1) is 0 Å². The van der Waals surface area contributed by atoms with Crippen LogP contribution in [0.5, 0.6) is 0 Å². The lowest BCUT2D eigenvalue weighted by molar-refractivity contribution is 0.111. The van der Waals surface area contributed by atoms with Crippen molar-refractivity contribution >= 4 is 6.29 Å².